The summed E-state index contributed by atoms with van der Waals surface area (Å²) in [6.45, 7) is 3.90. The van der Waals surface area contributed by atoms with Crippen LogP contribution in [0.25, 0.3) is 0 Å². The van der Waals surface area contributed by atoms with Crippen LogP contribution in [-0.2, 0) is 32.7 Å². The number of hydrogen-bond donors (Lipinski definition) is 3. The fraction of sp³-hybridized carbons (Fsp3) is 0.950. The van der Waals surface area contributed by atoms with Crippen molar-refractivity contribution in [2.45, 2.75) is 219 Å². The van der Waals surface area contributed by atoms with E-state index in [1.165, 1.54) is 148 Å². The molecule has 0 aliphatic heterocycles. The number of hydrogen-bond acceptors (Lipinski definition) is 8. The summed E-state index contributed by atoms with van der Waals surface area (Å²) >= 11 is 0. The van der Waals surface area contributed by atoms with Gasteiger partial charge in [-0.1, -0.05) is 187 Å². The number of phosphoric acid groups is 1. The van der Waals surface area contributed by atoms with Crippen LogP contribution in [0.3, 0.4) is 0 Å². The lowest BCUT2D eigenvalue weighted by Crippen LogP contribution is -2.34. The molecule has 10 nitrogen and oxygen atoms in total. The first kappa shape index (κ1) is 50.0. The van der Waals surface area contributed by atoms with Crippen LogP contribution in [0.2, 0.25) is 0 Å². The fourth-order valence-electron chi connectivity index (χ4n) is 6.08. The SMILES string of the molecule is CCCCCCCCCCCCCCCCCCCCCC(=O)OC(COCCCCCCCCCCCC)COP(=O)(O)OCC(N)C(=O)O. The number of carbonyl (C=O) groups is 2. The first-order chi connectivity index (χ1) is 24.7. The van der Waals surface area contributed by atoms with Gasteiger partial charge in [-0.15, -0.1) is 0 Å². The summed E-state index contributed by atoms with van der Waals surface area (Å²) in [6, 6.07) is -1.47. The van der Waals surface area contributed by atoms with Gasteiger partial charge < -0.3 is 25.2 Å². The van der Waals surface area contributed by atoms with Gasteiger partial charge in [0.05, 0.1) is 19.8 Å². The second-order valence-corrected chi connectivity index (χ2v) is 15.9. The minimum Gasteiger partial charge on any atom is -0.480 e. The number of aliphatic carboxylic acids is 1. The molecule has 51 heavy (non-hydrogen) atoms. The van der Waals surface area contributed by atoms with Crippen molar-refractivity contribution in [1.82, 2.24) is 0 Å². The zero-order chi connectivity index (χ0) is 37.7. The summed E-state index contributed by atoms with van der Waals surface area (Å²) in [7, 11) is -4.60. The van der Waals surface area contributed by atoms with Crippen LogP contribution in [0.1, 0.15) is 206 Å². The third kappa shape index (κ3) is 37.1. The van der Waals surface area contributed by atoms with E-state index in [1.54, 1.807) is 0 Å². The summed E-state index contributed by atoms with van der Waals surface area (Å²) < 4.78 is 33.2. The Morgan fingerprint density at radius 3 is 1.29 bits per heavy atom. The lowest BCUT2D eigenvalue weighted by Gasteiger charge is -2.20. The van der Waals surface area contributed by atoms with Gasteiger partial charge in [-0.05, 0) is 12.8 Å². The summed E-state index contributed by atoms with van der Waals surface area (Å²) in [4.78, 5) is 33.4. The Hall–Kier alpha value is -1.03. The van der Waals surface area contributed by atoms with Gasteiger partial charge in [0.1, 0.15) is 12.1 Å². The van der Waals surface area contributed by atoms with Gasteiger partial charge in [-0.3, -0.25) is 18.6 Å². The Morgan fingerprint density at radius 2 is 0.902 bits per heavy atom. The van der Waals surface area contributed by atoms with E-state index in [9.17, 15) is 19.0 Å². The maximum atomic E-state index is 12.6. The second kappa shape index (κ2) is 37.3. The molecule has 11 heteroatoms. The van der Waals surface area contributed by atoms with Gasteiger partial charge in [-0.2, -0.15) is 0 Å². The fourth-order valence-corrected chi connectivity index (χ4v) is 6.85. The molecule has 0 aromatic carbocycles. The molecule has 0 aromatic heterocycles. The molecule has 0 heterocycles. The average Bonchev–Trinajstić information content (AvgIpc) is 3.10. The first-order valence-corrected chi connectivity index (χ1v) is 22.6. The molecule has 4 N–H and O–H groups in total. The third-order valence-corrected chi connectivity index (χ3v) is 10.3. The van der Waals surface area contributed by atoms with Gasteiger partial charge in [0.25, 0.3) is 0 Å². The normalized spacial score (nSPS) is 14.0. The Kier molecular flexibility index (Phi) is 36.5. The lowest BCUT2D eigenvalue weighted by molar-refractivity contribution is -0.154. The number of nitrogens with two attached hydrogens (primary N) is 1. The highest BCUT2D eigenvalue weighted by atomic mass is 31.2. The predicted molar refractivity (Wildman–Crippen MR) is 208 cm³/mol. The number of unbranched alkanes of at least 4 members (excludes halogenated alkanes) is 27. The molecule has 3 atom stereocenters. The van der Waals surface area contributed by atoms with E-state index < -0.39 is 45.1 Å². The van der Waals surface area contributed by atoms with Crippen molar-refractivity contribution < 1.29 is 42.7 Å². The van der Waals surface area contributed by atoms with Crippen LogP contribution < -0.4 is 5.73 Å². The summed E-state index contributed by atoms with van der Waals surface area (Å²) in [5, 5.41) is 8.87. The molecule has 0 saturated heterocycles. The van der Waals surface area contributed by atoms with Crippen molar-refractivity contribution in [3.63, 3.8) is 0 Å². The molecule has 304 valence electrons. The molecule has 3 unspecified atom stereocenters. The van der Waals surface area contributed by atoms with Crippen LogP contribution in [0.5, 0.6) is 0 Å². The van der Waals surface area contributed by atoms with Crippen LogP contribution >= 0.6 is 7.82 Å². The summed E-state index contributed by atoms with van der Waals surface area (Å²) in [5.41, 5.74) is 5.34. The van der Waals surface area contributed by atoms with Crippen molar-refractivity contribution in [1.29, 1.82) is 0 Å². The quantitative estimate of drug-likeness (QED) is 0.0312. The smallest absolute Gasteiger partial charge is 0.472 e. The number of phosphoric ester groups is 1. The molecule has 0 amide bonds. The zero-order valence-electron chi connectivity index (χ0n) is 33.0. The van der Waals surface area contributed by atoms with Crippen molar-refractivity contribution in [3.05, 3.63) is 0 Å². The van der Waals surface area contributed by atoms with Crippen molar-refractivity contribution in [3.8, 4) is 0 Å². The summed E-state index contributed by atoms with van der Waals surface area (Å²) in [6.07, 6.45) is 35.8. The van der Waals surface area contributed by atoms with Crippen molar-refractivity contribution >= 4 is 19.8 Å². The van der Waals surface area contributed by atoms with E-state index in [-0.39, 0.29) is 13.0 Å². The number of rotatable bonds is 41. The topological polar surface area (TPSA) is 155 Å². The number of esters is 1. The summed E-state index contributed by atoms with van der Waals surface area (Å²) in [5.74, 6) is -1.77. The Bertz CT molecular complexity index is 832. The van der Waals surface area contributed by atoms with Gasteiger partial charge in [0.15, 0.2) is 0 Å². The average molecular weight is 750 g/mol. The molecule has 0 spiro atoms. The van der Waals surface area contributed by atoms with E-state index >= 15 is 0 Å². The number of carboxylic acid groups (broad SMARTS) is 1. The van der Waals surface area contributed by atoms with Gasteiger partial charge in [0, 0.05) is 13.0 Å². The lowest BCUT2D eigenvalue weighted by atomic mass is 10.0. The third-order valence-electron chi connectivity index (χ3n) is 9.39. The molecule has 0 radical (unpaired) electrons. The van der Waals surface area contributed by atoms with E-state index in [1.807, 2.05) is 0 Å². The molecular formula is C40H80NO9P. The number of carbonyl (C=O) groups excluding carboxylic acids is 1. The molecular weight excluding hydrogens is 669 g/mol. The Balaban J connectivity index is 4.14. The van der Waals surface area contributed by atoms with Crippen molar-refractivity contribution in [2.75, 3.05) is 26.4 Å². The highest BCUT2D eigenvalue weighted by Crippen LogP contribution is 2.43. The number of carboxylic acids is 1. The minimum atomic E-state index is -4.60. The van der Waals surface area contributed by atoms with Gasteiger partial charge >= 0.3 is 19.8 Å². The maximum absolute atomic E-state index is 12.6. The van der Waals surface area contributed by atoms with E-state index in [2.05, 4.69) is 13.8 Å². The predicted octanol–water partition coefficient (Wildman–Crippen LogP) is 11.2. The maximum Gasteiger partial charge on any atom is 0.472 e. The molecule has 0 bridgehead atoms. The molecule has 0 aromatic rings. The standard InChI is InChI=1S/C40H80NO9P/c1-3-5-7-9-11-13-15-16-17-18-19-20-21-22-23-24-26-28-30-32-39(42)50-37(35-48-51(45,46)49-36-38(41)40(43)44)34-47-33-31-29-27-25-14-12-10-8-6-4-2/h37-38H,3-36,41H2,1-2H3,(H,43,44)(H,45,46). The molecule has 0 aliphatic carbocycles. The van der Waals surface area contributed by atoms with E-state index in [4.69, 9.17) is 29.4 Å². The van der Waals surface area contributed by atoms with Gasteiger partial charge in [-0.25, -0.2) is 4.57 Å². The minimum absolute atomic E-state index is 0.0248. The molecule has 0 fully saturated rings. The molecule has 0 rings (SSSR count). The zero-order valence-corrected chi connectivity index (χ0v) is 33.9. The van der Waals surface area contributed by atoms with Gasteiger partial charge in [0.2, 0.25) is 0 Å². The van der Waals surface area contributed by atoms with E-state index in [0.717, 1.165) is 38.5 Å². The largest absolute Gasteiger partial charge is 0.480 e. The molecule has 0 saturated carbocycles. The monoisotopic (exact) mass is 750 g/mol. The Labute approximate surface area is 312 Å². The highest BCUT2D eigenvalue weighted by Gasteiger charge is 2.27. The van der Waals surface area contributed by atoms with Crippen LogP contribution in [-0.4, -0.2) is 60.5 Å². The first-order valence-electron chi connectivity index (χ1n) is 21.1. The van der Waals surface area contributed by atoms with Crippen molar-refractivity contribution in [2.24, 2.45) is 5.73 Å². The second-order valence-electron chi connectivity index (χ2n) is 14.5. The Morgan fingerprint density at radius 1 is 0.549 bits per heavy atom. The highest BCUT2D eigenvalue weighted by molar-refractivity contribution is 7.47. The van der Waals surface area contributed by atoms with Crippen LogP contribution in [0, 0.1) is 0 Å². The number of ether oxygens (including phenoxy) is 2. The van der Waals surface area contributed by atoms with Crippen LogP contribution in [0.4, 0.5) is 0 Å². The van der Waals surface area contributed by atoms with Crippen LogP contribution in [0.15, 0.2) is 0 Å². The molecule has 0 aliphatic rings. The van der Waals surface area contributed by atoms with E-state index in [0.29, 0.717) is 6.61 Å².